The van der Waals surface area contributed by atoms with Crippen LogP contribution in [-0.4, -0.2) is 29.8 Å². The van der Waals surface area contributed by atoms with Gasteiger partial charge in [-0.2, -0.15) is 11.8 Å². The maximum Gasteiger partial charge on any atom is 0.126 e. The quantitative estimate of drug-likeness (QED) is 0.786. The van der Waals surface area contributed by atoms with Gasteiger partial charge in [0, 0.05) is 24.9 Å². The van der Waals surface area contributed by atoms with E-state index >= 15 is 0 Å². The molecule has 4 heteroatoms. The Morgan fingerprint density at radius 3 is 2.82 bits per heavy atom. The summed E-state index contributed by atoms with van der Waals surface area (Å²) in [5.74, 6) is 0.794. The Labute approximate surface area is 107 Å². The van der Waals surface area contributed by atoms with E-state index < -0.39 is 0 Å². The van der Waals surface area contributed by atoms with E-state index in [1.54, 1.807) is 30.8 Å². The number of aryl methyl sites for hydroxylation is 1. The summed E-state index contributed by atoms with van der Waals surface area (Å²) in [4.78, 5) is 0. The first kappa shape index (κ1) is 14.5. The van der Waals surface area contributed by atoms with Crippen LogP contribution in [0, 0.1) is 12.7 Å². The van der Waals surface area contributed by atoms with E-state index in [4.69, 9.17) is 5.11 Å². The number of aliphatic hydroxyl groups is 1. The van der Waals surface area contributed by atoms with Gasteiger partial charge in [-0.05, 0) is 36.8 Å². The van der Waals surface area contributed by atoms with Crippen LogP contribution in [0.2, 0.25) is 0 Å². The summed E-state index contributed by atoms with van der Waals surface area (Å²) in [7, 11) is 0. The highest BCUT2D eigenvalue weighted by Gasteiger charge is 2.07. The predicted molar refractivity (Wildman–Crippen MR) is 71.8 cm³/mol. The second kappa shape index (κ2) is 7.69. The average Bonchev–Trinajstić information content (AvgIpc) is 2.31. The molecule has 0 heterocycles. The van der Waals surface area contributed by atoms with Crippen molar-refractivity contribution in [1.82, 2.24) is 5.32 Å². The van der Waals surface area contributed by atoms with Crippen molar-refractivity contribution in [2.24, 2.45) is 0 Å². The Kier molecular flexibility index (Phi) is 6.55. The third-order valence-electron chi connectivity index (χ3n) is 2.68. The number of nitrogens with one attached hydrogen (secondary N) is 1. The van der Waals surface area contributed by atoms with E-state index in [1.807, 2.05) is 12.3 Å². The Balaban J connectivity index is 2.49. The predicted octanol–water partition coefficient (Wildman–Crippen LogP) is 2.34. The van der Waals surface area contributed by atoms with Gasteiger partial charge in [-0.1, -0.05) is 12.1 Å². The van der Waals surface area contributed by atoms with Crippen molar-refractivity contribution in [2.45, 2.75) is 25.9 Å². The third kappa shape index (κ3) is 5.06. The topological polar surface area (TPSA) is 32.3 Å². The van der Waals surface area contributed by atoms with Gasteiger partial charge in [0.25, 0.3) is 0 Å². The molecule has 0 aliphatic rings. The minimum atomic E-state index is -0.159. The Morgan fingerprint density at radius 2 is 2.24 bits per heavy atom. The number of thioether (sulfide) groups is 1. The molecule has 0 aromatic heterocycles. The van der Waals surface area contributed by atoms with Crippen molar-refractivity contribution in [3.8, 4) is 0 Å². The first-order valence-electron chi connectivity index (χ1n) is 5.75. The molecular formula is C13H20FNOS. The number of rotatable bonds is 7. The van der Waals surface area contributed by atoms with Crippen LogP contribution in [0.5, 0.6) is 0 Å². The van der Waals surface area contributed by atoms with Gasteiger partial charge in [0.15, 0.2) is 0 Å². The van der Waals surface area contributed by atoms with Crippen LogP contribution in [0.4, 0.5) is 4.39 Å². The molecule has 0 fully saturated rings. The Morgan fingerprint density at radius 1 is 1.47 bits per heavy atom. The zero-order chi connectivity index (χ0) is 12.7. The molecule has 2 N–H and O–H groups in total. The van der Waals surface area contributed by atoms with E-state index in [0.29, 0.717) is 12.1 Å². The van der Waals surface area contributed by atoms with Gasteiger partial charge in [0.1, 0.15) is 5.82 Å². The first-order chi connectivity index (χ1) is 8.17. The van der Waals surface area contributed by atoms with Crippen molar-refractivity contribution in [2.75, 3.05) is 18.6 Å². The molecule has 96 valence electrons. The van der Waals surface area contributed by atoms with Gasteiger partial charge in [-0.3, -0.25) is 0 Å². The second-order valence-corrected chi connectivity index (χ2v) is 5.04. The number of aliphatic hydroxyl groups excluding tert-OH is 1. The summed E-state index contributed by atoms with van der Waals surface area (Å²) in [5, 5.41) is 12.3. The molecule has 0 radical (unpaired) electrons. The fraction of sp³-hybridized carbons (Fsp3) is 0.538. The fourth-order valence-electron chi connectivity index (χ4n) is 1.61. The van der Waals surface area contributed by atoms with E-state index in [9.17, 15) is 4.39 Å². The lowest BCUT2D eigenvalue weighted by Crippen LogP contribution is -2.31. The number of hydrogen-bond acceptors (Lipinski definition) is 3. The third-order valence-corrected chi connectivity index (χ3v) is 3.41. The normalized spacial score (nSPS) is 12.7. The summed E-state index contributed by atoms with van der Waals surface area (Å²) in [6.45, 7) is 2.58. The number of halogens is 1. The molecule has 0 aliphatic carbocycles. The molecule has 0 amide bonds. The SMILES string of the molecule is CSCC(CCO)NCc1ccc(C)c(F)c1. The van der Waals surface area contributed by atoms with Crippen LogP contribution in [0.25, 0.3) is 0 Å². The van der Waals surface area contributed by atoms with Crippen molar-refractivity contribution >= 4 is 11.8 Å². The molecule has 0 saturated carbocycles. The van der Waals surface area contributed by atoms with Crippen LogP contribution < -0.4 is 5.32 Å². The maximum absolute atomic E-state index is 13.3. The monoisotopic (exact) mass is 257 g/mol. The fourth-order valence-corrected chi connectivity index (χ4v) is 2.30. The molecule has 1 aromatic rings. The molecule has 0 saturated heterocycles. The molecule has 1 unspecified atom stereocenters. The van der Waals surface area contributed by atoms with Crippen molar-refractivity contribution in [3.63, 3.8) is 0 Å². The summed E-state index contributed by atoms with van der Waals surface area (Å²) in [6, 6.07) is 5.57. The van der Waals surface area contributed by atoms with Crippen LogP contribution in [0.3, 0.4) is 0 Å². The molecule has 0 aliphatic heterocycles. The highest BCUT2D eigenvalue weighted by Crippen LogP contribution is 2.10. The van der Waals surface area contributed by atoms with Gasteiger partial charge in [0.2, 0.25) is 0 Å². The smallest absolute Gasteiger partial charge is 0.126 e. The lowest BCUT2D eigenvalue weighted by atomic mass is 10.1. The molecule has 1 rings (SSSR count). The minimum Gasteiger partial charge on any atom is -0.396 e. The molecule has 2 nitrogen and oxygen atoms in total. The van der Waals surface area contributed by atoms with Crippen molar-refractivity contribution < 1.29 is 9.50 Å². The van der Waals surface area contributed by atoms with E-state index in [0.717, 1.165) is 17.7 Å². The van der Waals surface area contributed by atoms with E-state index in [2.05, 4.69) is 5.32 Å². The molecule has 0 bridgehead atoms. The van der Waals surface area contributed by atoms with E-state index in [1.165, 1.54) is 0 Å². The first-order valence-corrected chi connectivity index (χ1v) is 7.15. The average molecular weight is 257 g/mol. The van der Waals surface area contributed by atoms with E-state index in [-0.39, 0.29) is 18.5 Å². The van der Waals surface area contributed by atoms with Gasteiger partial charge < -0.3 is 10.4 Å². The van der Waals surface area contributed by atoms with Crippen molar-refractivity contribution in [1.29, 1.82) is 0 Å². The lowest BCUT2D eigenvalue weighted by Gasteiger charge is -2.16. The Bertz CT molecular complexity index is 340. The lowest BCUT2D eigenvalue weighted by molar-refractivity contribution is 0.269. The highest BCUT2D eigenvalue weighted by atomic mass is 32.2. The number of benzene rings is 1. The Hall–Kier alpha value is -0.580. The largest absolute Gasteiger partial charge is 0.396 e. The summed E-state index contributed by atoms with van der Waals surface area (Å²) in [5.41, 5.74) is 1.61. The van der Waals surface area contributed by atoms with Gasteiger partial charge in [0.05, 0.1) is 0 Å². The molecular weight excluding hydrogens is 237 g/mol. The molecule has 1 aromatic carbocycles. The van der Waals surface area contributed by atoms with Gasteiger partial charge >= 0.3 is 0 Å². The number of hydrogen-bond donors (Lipinski definition) is 2. The minimum absolute atomic E-state index is 0.159. The molecule has 1 atom stereocenters. The summed E-state index contributed by atoms with van der Waals surface area (Å²) in [6.07, 6.45) is 2.77. The molecule has 17 heavy (non-hydrogen) atoms. The van der Waals surface area contributed by atoms with Gasteiger partial charge in [-0.25, -0.2) is 4.39 Å². The standard InChI is InChI=1S/C13H20FNOS/c1-10-3-4-11(7-13(10)14)8-15-12(5-6-16)9-17-2/h3-4,7,12,15-16H,5-6,8-9H2,1-2H3. The van der Waals surface area contributed by atoms with Gasteiger partial charge in [-0.15, -0.1) is 0 Å². The zero-order valence-electron chi connectivity index (χ0n) is 10.4. The second-order valence-electron chi connectivity index (χ2n) is 4.13. The van der Waals surface area contributed by atoms with Crippen LogP contribution in [0.15, 0.2) is 18.2 Å². The summed E-state index contributed by atoms with van der Waals surface area (Å²) < 4.78 is 13.3. The van der Waals surface area contributed by atoms with Crippen molar-refractivity contribution in [3.05, 3.63) is 35.1 Å². The molecule has 0 spiro atoms. The highest BCUT2D eigenvalue weighted by molar-refractivity contribution is 7.98. The zero-order valence-corrected chi connectivity index (χ0v) is 11.2. The van der Waals surface area contributed by atoms with Crippen LogP contribution >= 0.6 is 11.8 Å². The summed E-state index contributed by atoms with van der Waals surface area (Å²) >= 11 is 1.74. The maximum atomic E-state index is 13.3. The van der Waals surface area contributed by atoms with Crippen LogP contribution in [0.1, 0.15) is 17.5 Å². The van der Waals surface area contributed by atoms with Crippen LogP contribution in [-0.2, 0) is 6.54 Å².